The van der Waals surface area contributed by atoms with Crippen LogP contribution in [0.4, 0.5) is 5.69 Å². The molecule has 1 N–H and O–H groups in total. The maximum atomic E-state index is 13.3. The number of nitrogens with zero attached hydrogens (tertiary/aromatic N) is 1. The SMILES string of the molecule is Cc1cccc(N(CC(=O)NCc2ccccc2C)S(=O)(=O)c2ccccc2)c1. The fourth-order valence-electron chi connectivity index (χ4n) is 3.01. The molecule has 0 atom stereocenters. The second-order valence-electron chi connectivity index (χ2n) is 6.87. The van der Waals surface area contributed by atoms with Crippen molar-refractivity contribution in [2.45, 2.75) is 25.3 Å². The highest BCUT2D eigenvalue weighted by Gasteiger charge is 2.27. The molecule has 0 radical (unpaired) electrons. The van der Waals surface area contributed by atoms with E-state index in [0.717, 1.165) is 21.0 Å². The molecular weight excluding hydrogens is 384 g/mol. The van der Waals surface area contributed by atoms with Crippen LogP contribution in [0.1, 0.15) is 16.7 Å². The molecule has 0 aliphatic carbocycles. The van der Waals surface area contributed by atoms with Crippen molar-refractivity contribution in [3.8, 4) is 0 Å². The summed E-state index contributed by atoms with van der Waals surface area (Å²) in [6.07, 6.45) is 0. The lowest BCUT2D eigenvalue weighted by atomic mass is 10.1. The number of carbonyl (C=O) groups is 1. The molecule has 6 heteroatoms. The van der Waals surface area contributed by atoms with Crippen molar-refractivity contribution in [3.63, 3.8) is 0 Å². The molecule has 0 fully saturated rings. The molecule has 0 saturated heterocycles. The van der Waals surface area contributed by atoms with E-state index in [1.807, 2.05) is 44.2 Å². The lowest BCUT2D eigenvalue weighted by Crippen LogP contribution is -2.40. The van der Waals surface area contributed by atoms with Gasteiger partial charge in [0.15, 0.2) is 0 Å². The quantitative estimate of drug-likeness (QED) is 0.646. The van der Waals surface area contributed by atoms with Crippen molar-refractivity contribution in [1.82, 2.24) is 5.32 Å². The number of nitrogens with one attached hydrogen (secondary N) is 1. The van der Waals surface area contributed by atoms with Crippen LogP contribution in [0.2, 0.25) is 0 Å². The highest BCUT2D eigenvalue weighted by atomic mass is 32.2. The van der Waals surface area contributed by atoms with Crippen molar-refractivity contribution >= 4 is 21.6 Å². The van der Waals surface area contributed by atoms with Crippen LogP contribution in [0, 0.1) is 13.8 Å². The normalized spacial score (nSPS) is 11.1. The summed E-state index contributed by atoms with van der Waals surface area (Å²) in [6, 6.07) is 23.0. The summed E-state index contributed by atoms with van der Waals surface area (Å²) in [5.74, 6) is -0.366. The summed E-state index contributed by atoms with van der Waals surface area (Å²) in [5.41, 5.74) is 3.44. The second-order valence-corrected chi connectivity index (χ2v) is 8.73. The number of anilines is 1. The van der Waals surface area contributed by atoms with Gasteiger partial charge < -0.3 is 5.32 Å². The lowest BCUT2D eigenvalue weighted by molar-refractivity contribution is -0.119. The second kappa shape index (κ2) is 8.92. The summed E-state index contributed by atoms with van der Waals surface area (Å²) >= 11 is 0. The molecule has 29 heavy (non-hydrogen) atoms. The standard InChI is InChI=1S/C23H24N2O3S/c1-18-9-8-12-21(15-18)25(29(27,28)22-13-4-3-5-14-22)17-23(26)24-16-20-11-7-6-10-19(20)2/h3-15H,16-17H2,1-2H3,(H,24,26). The van der Waals surface area contributed by atoms with Gasteiger partial charge in [-0.15, -0.1) is 0 Å². The summed E-state index contributed by atoms with van der Waals surface area (Å²) < 4.78 is 27.7. The molecular formula is C23H24N2O3S. The minimum Gasteiger partial charge on any atom is -0.350 e. The van der Waals surface area contributed by atoms with Gasteiger partial charge in [-0.2, -0.15) is 0 Å². The molecule has 3 rings (SSSR count). The van der Waals surface area contributed by atoms with E-state index in [2.05, 4.69) is 5.32 Å². The molecule has 1 amide bonds. The average Bonchev–Trinajstić information content (AvgIpc) is 2.72. The van der Waals surface area contributed by atoms with E-state index in [9.17, 15) is 13.2 Å². The molecule has 5 nitrogen and oxygen atoms in total. The molecule has 0 heterocycles. The molecule has 0 aliphatic rings. The van der Waals surface area contributed by atoms with E-state index in [1.54, 1.807) is 36.4 Å². The first kappa shape index (κ1) is 20.6. The molecule has 3 aromatic rings. The Morgan fingerprint density at radius 1 is 0.897 bits per heavy atom. The van der Waals surface area contributed by atoms with Crippen LogP contribution in [0.15, 0.2) is 83.8 Å². The topological polar surface area (TPSA) is 66.5 Å². The third-order valence-corrected chi connectivity index (χ3v) is 6.43. The average molecular weight is 409 g/mol. The molecule has 0 aliphatic heterocycles. The zero-order chi connectivity index (χ0) is 20.9. The van der Waals surface area contributed by atoms with E-state index >= 15 is 0 Å². The maximum Gasteiger partial charge on any atom is 0.264 e. The molecule has 3 aromatic carbocycles. The number of rotatable bonds is 7. The Morgan fingerprint density at radius 3 is 2.28 bits per heavy atom. The smallest absolute Gasteiger partial charge is 0.264 e. The van der Waals surface area contributed by atoms with Crippen LogP contribution in [0.25, 0.3) is 0 Å². The zero-order valence-corrected chi connectivity index (χ0v) is 17.3. The van der Waals surface area contributed by atoms with Crippen molar-refractivity contribution in [3.05, 3.63) is 95.6 Å². The molecule has 0 saturated carbocycles. The number of benzene rings is 3. The molecule has 0 aromatic heterocycles. The van der Waals surface area contributed by atoms with Crippen LogP contribution in [0.3, 0.4) is 0 Å². The van der Waals surface area contributed by atoms with Crippen molar-refractivity contribution in [2.75, 3.05) is 10.8 Å². The summed E-state index contributed by atoms with van der Waals surface area (Å²) in [7, 11) is -3.88. The Balaban J connectivity index is 1.86. The first-order valence-electron chi connectivity index (χ1n) is 9.33. The Kier molecular flexibility index (Phi) is 6.34. The fourth-order valence-corrected chi connectivity index (χ4v) is 4.44. The van der Waals surface area contributed by atoms with Gasteiger partial charge in [-0.05, 0) is 54.8 Å². The Bertz CT molecular complexity index is 1100. The summed E-state index contributed by atoms with van der Waals surface area (Å²) in [6.45, 7) is 3.90. The van der Waals surface area contributed by atoms with Crippen molar-refractivity contribution in [1.29, 1.82) is 0 Å². The monoisotopic (exact) mass is 408 g/mol. The minimum absolute atomic E-state index is 0.146. The Labute approximate surface area is 172 Å². The van der Waals surface area contributed by atoms with Gasteiger partial charge in [0.1, 0.15) is 6.54 Å². The third kappa shape index (κ3) is 5.03. The predicted molar refractivity (Wildman–Crippen MR) is 115 cm³/mol. The van der Waals surface area contributed by atoms with Crippen LogP contribution in [-0.2, 0) is 21.4 Å². The molecule has 0 unspecified atom stereocenters. The van der Waals surface area contributed by atoms with Gasteiger partial charge in [-0.25, -0.2) is 8.42 Å². The molecule has 0 bridgehead atoms. The van der Waals surface area contributed by atoms with Gasteiger partial charge in [0.2, 0.25) is 5.91 Å². The van der Waals surface area contributed by atoms with E-state index in [4.69, 9.17) is 0 Å². The van der Waals surface area contributed by atoms with E-state index in [0.29, 0.717) is 12.2 Å². The Hall–Kier alpha value is -3.12. The van der Waals surface area contributed by atoms with E-state index in [1.165, 1.54) is 12.1 Å². The largest absolute Gasteiger partial charge is 0.350 e. The number of amides is 1. The lowest BCUT2D eigenvalue weighted by Gasteiger charge is -2.24. The van der Waals surface area contributed by atoms with Gasteiger partial charge >= 0.3 is 0 Å². The van der Waals surface area contributed by atoms with E-state index < -0.39 is 10.0 Å². The van der Waals surface area contributed by atoms with Gasteiger partial charge in [0.05, 0.1) is 10.6 Å². The van der Waals surface area contributed by atoms with Gasteiger partial charge in [0.25, 0.3) is 10.0 Å². The van der Waals surface area contributed by atoms with E-state index in [-0.39, 0.29) is 17.3 Å². The van der Waals surface area contributed by atoms with Crippen molar-refractivity contribution < 1.29 is 13.2 Å². The van der Waals surface area contributed by atoms with Crippen LogP contribution in [0.5, 0.6) is 0 Å². The Morgan fingerprint density at radius 2 is 1.59 bits per heavy atom. The minimum atomic E-state index is -3.88. The maximum absolute atomic E-state index is 13.3. The molecule has 150 valence electrons. The van der Waals surface area contributed by atoms with Gasteiger partial charge in [-0.1, -0.05) is 54.6 Å². The highest BCUT2D eigenvalue weighted by molar-refractivity contribution is 7.92. The molecule has 0 spiro atoms. The first-order valence-corrected chi connectivity index (χ1v) is 10.8. The zero-order valence-electron chi connectivity index (χ0n) is 16.5. The number of hydrogen-bond donors (Lipinski definition) is 1. The van der Waals surface area contributed by atoms with Crippen LogP contribution < -0.4 is 9.62 Å². The van der Waals surface area contributed by atoms with Crippen molar-refractivity contribution in [2.24, 2.45) is 0 Å². The predicted octanol–water partition coefficient (Wildman–Crippen LogP) is 3.82. The number of sulfonamides is 1. The third-order valence-electron chi connectivity index (χ3n) is 4.65. The van der Waals surface area contributed by atoms with Gasteiger partial charge in [0, 0.05) is 6.54 Å². The fraction of sp³-hybridized carbons (Fsp3) is 0.174. The number of carbonyl (C=O) groups excluding carboxylic acids is 1. The van der Waals surface area contributed by atoms with Gasteiger partial charge in [-0.3, -0.25) is 9.10 Å². The summed E-state index contributed by atoms with van der Waals surface area (Å²) in [4.78, 5) is 12.8. The van der Waals surface area contributed by atoms with Crippen LogP contribution >= 0.6 is 0 Å². The summed E-state index contributed by atoms with van der Waals surface area (Å²) in [5, 5.41) is 2.83. The van der Waals surface area contributed by atoms with Crippen LogP contribution in [-0.4, -0.2) is 20.9 Å². The first-order chi connectivity index (χ1) is 13.9. The number of aryl methyl sites for hydroxylation is 2. The highest BCUT2D eigenvalue weighted by Crippen LogP contribution is 2.24. The number of hydrogen-bond acceptors (Lipinski definition) is 3.